The fraction of sp³-hybridized carbons (Fsp3) is 0.667. The largest absolute Gasteiger partial charge is 0.390 e. The topological polar surface area (TPSA) is 53.4 Å². The molecule has 0 amide bonds. The number of aliphatic hydroxyl groups excluding tert-OH is 2. The fourth-order valence-electron chi connectivity index (χ4n) is 1.27. The van der Waals surface area contributed by atoms with Crippen molar-refractivity contribution >= 4 is 22.9 Å². The van der Waals surface area contributed by atoms with Gasteiger partial charge >= 0.3 is 0 Å². The van der Waals surface area contributed by atoms with Gasteiger partial charge in [-0.2, -0.15) is 0 Å². The van der Waals surface area contributed by atoms with Crippen molar-refractivity contribution in [1.82, 2.24) is 4.98 Å². The molecule has 2 atom stereocenters. The first-order valence-corrected chi connectivity index (χ1v) is 5.77. The molecule has 14 heavy (non-hydrogen) atoms. The number of aryl methyl sites for hydroxylation is 2. The molecule has 0 saturated carbocycles. The molecule has 0 radical (unpaired) electrons. The van der Waals surface area contributed by atoms with Gasteiger partial charge in [0.1, 0.15) is 6.10 Å². The lowest BCUT2D eigenvalue weighted by Crippen LogP contribution is -2.18. The predicted molar refractivity (Wildman–Crippen MR) is 57.9 cm³/mol. The first kappa shape index (κ1) is 11.9. The normalized spacial score (nSPS) is 15.5. The summed E-state index contributed by atoms with van der Waals surface area (Å²) < 4.78 is 0. The van der Waals surface area contributed by atoms with E-state index < -0.39 is 12.2 Å². The number of aliphatic hydroxyl groups is 2. The number of hydrogen-bond donors (Lipinski definition) is 2. The Morgan fingerprint density at radius 3 is 2.50 bits per heavy atom. The van der Waals surface area contributed by atoms with E-state index in [0.717, 1.165) is 15.6 Å². The maximum Gasteiger partial charge on any atom is 0.116 e. The van der Waals surface area contributed by atoms with Crippen LogP contribution in [-0.4, -0.2) is 27.2 Å². The van der Waals surface area contributed by atoms with Crippen LogP contribution in [0.5, 0.6) is 0 Å². The second-order valence-corrected chi connectivity index (χ2v) is 4.79. The SMILES string of the molecule is Cc1nc(C)c(C(O)C(O)CCCl)s1. The summed E-state index contributed by atoms with van der Waals surface area (Å²) in [6.07, 6.45) is -1.27. The maximum atomic E-state index is 9.78. The summed E-state index contributed by atoms with van der Waals surface area (Å²) in [5.74, 6) is 0.342. The van der Waals surface area contributed by atoms with Crippen LogP contribution in [0.25, 0.3) is 0 Å². The highest BCUT2D eigenvalue weighted by Gasteiger charge is 2.22. The third-order valence-corrected chi connectivity index (χ3v) is 3.34. The van der Waals surface area contributed by atoms with Crippen molar-refractivity contribution in [2.45, 2.75) is 32.5 Å². The lowest BCUT2D eigenvalue weighted by molar-refractivity contribution is 0.0187. The van der Waals surface area contributed by atoms with E-state index in [2.05, 4.69) is 4.98 Å². The van der Waals surface area contributed by atoms with Gasteiger partial charge in [0.05, 0.1) is 21.7 Å². The second-order valence-electron chi connectivity index (χ2n) is 3.17. The summed E-state index contributed by atoms with van der Waals surface area (Å²) in [6.45, 7) is 3.71. The van der Waals surface area contributed by atoms with Crippen LogP contribution in [-0.2, 0) is 0 Å². The van der Waals surface area contributed by atoms with E-state index in [4.69, 9.17) is 11.6 Å². The summed E-state index contributed by atoms with van der Waals surface area (Å²) in [5.41, 5.74) is 0.786. The van der Waals surface area contributed by atoms with Crippen molar-refractivity contribution in [2.24, 2.45) is 0 Å². The molecule has 1 heterocycles. The number of thiazole rings is 1. The maximum absolute atomic E-state index is 9.78. The van der Waals surface area contributed by atoms with Crippen LogP contribution in [0.2, 0.25) is 0 Å². The Hall–Kier alpha value is -0.160. The zero-order valence-corrected chi connectivity index (χ0v) is 9.77. The van der Waals surface area contributed by atoms with Crippen LogP contribution >= 0.6 is 22.9 Å². The lowest BCUT2D eigenvalue weighted by atomic mass is 10.1. The molecule has 0 aliphatic rings. The van der Waals surface area contributed by atoms with Crippen molar-refractivity contribution in [3.63, 3.8) is 0 Å². The highest BCUT2D eigenvalue weighted by Crippen LogP contribution is 2.28. The molecule has 0 aliphatic heterocycles. The Bertz CT molecular complexity index is 303. The number of aromatic nitrogens is 1. The molecule has 0 bridgehead atoms. The third-order valence-electron chi connectivity index (χ3n) is 1.98. The number of rotatable bonds is 4. The molecule has 80 valence electrons. The van der Waals surface area contributed by atoms with Gasteiger partial charge in [0.2, 0.25) is 0 Å². The quantitative estimate of drug-likeness (QED) is 0.783. The zero-order valence-electron chi connectivity index (χ0n) is 8.20. The Morgan fingerprint density at radius 1 is 1.43 bits per heavy atom. The van der Waals surface area contributed by atoms with Gasteiger partial charge in [-0.05, 0) is 20.3 Å². The van der Waals surface area contributed by atoms with Crippen LogP contribution in [0.3, 0.4) is 0 Å². The Kier molecular flexibility index (Phi) is 4.31. The lowest BCUT2D eigenvalue weighted by Gasteiger charge is -2.15. The highest BCUT2D eigenvalue weighted by atomic mass is 35.5. The molecule has 0 aliphatic carbocycles. The fourth-order valence-corrected chi connectivity index (χ4v) is 2.46. The minimum absolute atomic E-state index is 0.342. The van der Waals surface area contributed by atoms with Gasteiger partial charge in [-0.15, -0.1) is 22.9 Å². The minimum Gasteiger partial charge on any atom is -0.390 e. The summed E-state index contributed by atoms with van der Waals surface area (Å²) in [7, 11) is 0. The number of hydrogen-bond acceptors (Lipinski definition) is 4. The molecule has 0 spiro atoms. The molecule has 3 nitrogen and oxygen atoms in total. The first-order valence-electron chi connectivity index (χ1n) is 4.42. The van der Waals surface area contributed by atoms with Crippen LogP contribution in [0, 0.1) is 13.8 Å². The molecule has 0 saturated heterocycles. The molecule has 1 rings (SSSR count). The van der Waals surface area contributed by atoms with Crippen molar-refractivity contribution in [3.05, 3.63) is 15.6 Å². The van der Waals surface area contributed by atoms with Gasteiger partial charge in [0, 0.05) is 5.88 Å². The van der Waals surface area contributed by atoms with E-state index in [-0.39, 0.29) is 0 Å². The number of halogens is 1. The summed E-state index contributed by atoms with van der Waals surface area (Å²) >= 11 is 6.90. The predicted octanol–water partition coefficient (Wildman–Crippen LogP) is 1.78. The number of alkyl halides is 1. The van der Waals surface area contributed by atoms with Gasteiger partial charge in [0.15, 0.2) is 0 Å². The monoisotopic (exact) mass is 235 g/mol. The van der Waals surface area contributed by atoms with Crippen molar-refractivity contribution in [2.75, 3.05) is 5.88 Å². The molecule has 0 aromatic carbocycles. The third kappa shape index (κ3) is 2.67. The second kappa shape index (κ2) is 5.07. The molecular formula is C9H14ClNO2S. The van der Waals surface area contributed by atoms with Gasteiger partial charge in [-0.25, -0.2) is 4.98 Å². The molecular weight excluding hydrogens is 222 g/mol. The Morgan fingerprint density at radius 2 is 2.07 bits per heavy atom. The van der Waals surface area contributed by atoms with Gasteiger partial charge < -0.3 is 10.2 Å². The Balaban J connectivity index is 2.77. The van der Waals surface area contributed by atoms with E-state index in [1.165, 1.54) is 11.3 Å². The average Bonchev–Trinajstić information content (AvgIpc) is 2.44. The van der Waals surface area contributed by atoms with Crippen LogP contribution in [0.15, 0.2) is 0 Å². The van der Waals surface area contributed by atoms with E-state index in [0.29, 0.717) is 12.3 Å². The summed E-state index contributed by atoms with van der Waals surface area (Å²) in [4.78, 5) is 4.93. The molecule has 1 aromatic rings. The van der Waals surface area contributed by atoms with Crippen molar-refractivity contribution in [1.29, 1.82) is 0 Å². The van der Waals surface area contributed by atoms with E-state index in [1.807, 2.05) is 13.8 Å². The van der Waals surface area contributed by atoms with E-state index in [9.17, 15) is 10.2 Å². The number of nitrogens with zero attached hydrogens (tertiary/aromatic N) is 1. The van der Waals surface area contributed by atoms with Gasteiger partial charge in [-0.3, -0.25) is 0 Å². The minimum atomic E-state index is -0.861. The van der Waals surface area contributed by atoms with E-state index >= 15 is 0 Å². The standard InChI is InChI=1S/C9H14ClNO2S/c1-5-9(14-6(2)11-5)8(13)7(12)3-4-10/h7-8,12-13H,3-4H2,1-2H3. The molecule has 1 aromatic heterocycles. The average molecular weight is 236 g/mol. The van der Waals surface area contributed by atoms with Gasteiger partial charge in [-0.1, -0.05) is 0 Å². The highest BCUT2D eigenvalue weighted by molar-refractivity contribution is 7.11. The van der Waals surface area contributed by atoms with Crippen LogP contribution in [0.4, 0.5) is 0 Å². The Labute approximate surface area is 92.4 Å². The van der Waals surface area contributed by atoms with Gasteiger partial charge in [0.25, 0.3) is 0 Å². The van der Waals surface area contributed by atoms with E-state index in [1.54, 1.807) is 0 Å². The summed E-state index contributed by atoms with van der Waals surface area (Å²) in [6, 6.07) is 0. The van der Waals surface area contributed by atoms with Crippen LogP contribution < -0.4 is 0 Å². The molecule has 5 heteroatoms. The van der Waals surface area contributed by atoms with Crippen molar-refractivity contribution in [3.8, 4) is 0 Å². The summed E-state index contributed by atoms with van der Waals surface area (Å²) in [5, 5.41) is 20.2. The zero-order chi connectivity index (χ0) is 10.7. The van der Waals surface area contributed by atoms with Crippen molar-refractivity contribution < 1.29 is 10.2 Å². The smallest absolute Gasteiger partial charge is 0.116 e. The van der Waals surface area contributed by atoms with Crippen LogP contribution in [0.1, 0.15) is 28.1 Å². The molecule has 2 unspecified atom stereocenters. The molecule has 0 fully saturated rings. The first-order chi connectivity index (χ1) is 6.56. The molecule has 2 N–H and O–H groups in total.